The molecule has 8 nitrogen and oxygen atoms in total. The number of hydrogen-bond donors (Lipinski definition) is 1. The number of aliphatic hydroxyl groups excluding tert-OH is 1. The number of esters is 3. The van der Waals surface area contributed by atoms with Crippen LogP contribution in [0.2, 0.25) is 0 Å². The third kappa shape index (κ3) is 16.6. The molecule has 148 valence electrons. The molecule has 0 aliphatic rings. The second-order valence-electron chi connectivity index (χ2n) is 5.10. The first kappa shape index (κ1) is 25.9. The van der Waals surface area contributed by atoms with Gasteiger partial charge in [0.25, 0.3) is 0 Å². The van der Waals surface area contributed by atoms with Crippen molar-refractivity contribution in [1.29, 1.82) is 0 Å². The number of hydrogen-bond acceptors (Lipinski definition) is 8. The van der Waals surface area contributed by atoms with Gasteiger partial charge in [-0.15, -0.1) is 0 Å². The fourth-order valence-electron chi connectivity index (χ4n) is 0.961. The summed E-state index contributed by atoms with van der Waals surface area (Å²) >= 11 is 0. The fourth-order valence-corrected chi connectivity index (χ4v) is 0.961. The summed E-state index contributed by atoms with van der Waals surface area (Å²) in [6.07, 6.45) is 0. The van der Waals surface area contributed by atoms with Crippen LogP contribution in [0.1, 0.15) is 20.8 Å². The SMILES string of the molecule is C=C(C)C(=O)OC(=O)C(=C)C.C=C(C)C(=O)OCCOCCOCCO. The van der Waals surface area contributed by atoms with E-state index in [9.17, 15) is 14.4 Å². The van der Waals surface area contributed by atoms with E-state index in [4.69, 9.17) is 19.3 Å². The maximum Gasteiger partial charge on any atom is 0.340 e. The molecule has 0 unspecified atom stereocenters. The Hall–Kier alpha value is -2.29. The molecule has 8 heteroatoms. The van der Waals surface area contributed by atoms with Gasteiger partial charge in [0.1, 0.15) is 6.61 Å². The van der Waals surface area contributed by atoms with Crippen LogP contribution in [0.25, 0.3) is 0 Å². The van der Waals surface area contributed by atoms with Crippen molar-refractivity contribution in [1.82, 2.24) is 0 Å². The van der Waals surface area contributed by atoms with Crippen molar-refractivity contribution in [3.8, 4) is 0 Å². The summed E-state index contributed by atoms with van der Waals surface area (Å²) in [4.78, 5) is 32.2. The van der Waals surface area contributed by atoms with Crippen LogP contribution in [0.4, 0.5) is 0 Å². The zero-order valence-corrected chi connectivity index (χ0v) is 15.7. The molecule has 0 aromatic rings. The lowest BCUT2D eigenvalue weighted by Crippen LogP contribution is -2.13. The first-order valence-electron chi connectivity index (χ1n) is 7.80. The van der Waals surface area contributed by atoms with E-state index in [0.29, 0.717) is 32.0 Å². The first-order valence-corrected chi connectivity index (χ1v) is 7.80. The van der Waals surface area contributed by atoms with Crippen LogP contribution in [-0.2, 0) is 33.3 Å². The van der Waals surface area contributed by atoms with E-state index >= 15 is 0 Å². The van der Waals surface area contributed by atoms with Gasteiger partial charge in [-0.25, -0.2) is 14.4 Å². The van der Waals surface area contributed by atoms with Crippen LogP contribution in [0.15, 0.2) is 36.5 Å². The Morgan fingerprint density at radius 3 is 1.46 bits per heavy atom. The molecule has 0 aliphatic heterocycles. The molecule has 0 bridgehead atoms. The van der Waals surface area contributed by atoms with Gasteiger partial charge in [0.05, 0.1) is 33.0 Å². The van der Waals surface area contributed by atoms with Crippen LogP contribution < -0.4 is 0 Å². The summed E-state index contributed by atoms with van der Waals surface area (Å²) in [7, 11) is 0. The smallest absolute Gasteiger partial charge is 0.340 e. The number of carbonyl (C=O) groups excluding carboxylic acids is 3. The number of aliphatic hydroxyl groups is 1. The highest BCUT2D eigenvalue weighted by Gasteiger charge is 2.10. The highest BCUT2D eigenvalue weighted by molar-refractivity contribution is 6.00. The Kier molecular flexibility index (Phi) is 16.2. The van der Waals surface area contributed by atoms with Crippen molar-refractivity contribution in [2.45, 2.75) is 20.8 Å². The summed E-state index contributed by atoms with van der Waals surface area (Å²) in [5, 5.41) is 8.39. The van der Waals surface area contributed by atoms with E-state index in [0.717, 1.165) is 0 Å². The minimum Gasteiger partial charge on any atom is -0.460 e. The lowest BCUT2D eigenvalue weighted by atomic mass is 10.3. The monoisotopic (exact) mass is 372 g/mol. The van der Waals surface area contributed by atoms with Crippen LogP contribution in [0.3, 0.4) is 0 Å². The molecule has 26 heavy (non-hydrogen) atoms. The summed E-state index contributed by atoms with van der Waals surface area (Å²) in [5.41, 5.74) is 0.764. The van der Waals surface area contributed by atoms with Crippen LogP contribution >= 0.6 is 0 Å². The third-order valence-electron chi connectivity index (χ3n) is 2.30. The van der Waals surface area contributed by atoms with Crippen LogP contribution in [0.5, 0.6) is 0 Å². The largest absolute Gasteiger partial charge is 0.460 e. The Balaban J connectivity index is 0. The quantitative estimate of drug-likeness (QED) is 0.250. The molecular formula is C18H28O8. The average Bonchev–Trinajstić information content (AvgIpc) is 2.57. The molecular weight excluding hydrogens is 344 g/mol. The van der Waals surface area contributed by atoms with Gasteiger partial charge < -0.3 is 24.1 Å². The van der Waals surface area contributed by atoms with Gasteiger partial charge in [-0.05, 0) is 20.8 Å². The summed E-state index contributed by atoms with van der Waals surface area (Å²) in [6.45, 7) is 16.3. The zero-order valence-electron chi connectivity index (χ0n) is 15.7. The molecule has 0 fully saturated rings. The standard InChI is InChI=1S/C10H18O5.C8H10O3/c1-9(2)10(12)15-8-7-14-6-5-13-4-3-11;1-5(2)7(9)11-8(10)6(3)4/h11H,1,3-8H2,2H3;1,3H2,2,4H3. The van der Waals surface area contributed by atoms with Gasteiger partial charge in [0.2, 0.25) is 0 Å². The Morgan fingerprint density at radius 1 is 0.692 bits per heavy atom. The molecule has 0 rings (SSSR count). The lowest BCUT2D eigenvalue weighted by Gasteiger charge is -2.05. The molecule has 0 aromatic carbocycles. The van der Waals surface area contributed by atoms with Crippen molar-refractivity contribution in [3.63, 3.8) is 0 Å². The van der Waals surface area contributed by atoms with Crippen molar-refractivity contribution in [2.24, 2.45) is 0 Å². The molecule has 0 radical (unpaired) electrons. The van der Waals surface area contributed by atoms with Crippen LogP contribution in [0, 0.1) is 0 Å². The number of ether oxygens (including phenoxy) is 4. The molecule has 0 atom stereocenters. The summed E-state index contributed by atoms with van der Waals surface area (Å²) in [5.74, 6) is -1.83. The van der Waals surface area contributed by atoms with Gasteiger partial charge >= 0.3 is 17.9 Å². The van der Waals surface area contributed by atoms with E-state index in [2.05, 4.69) is 24.5 Å². The zero-order chi connectivity index (χ0) is 20.5. The maximum atomic E-state index is 10.9. The molecule has 0 spiro atoms. The van der Waals surface area contributed by atoms with E-state index in [1.807, 2.05) is 0 Å². The van der Waals surface area contributed by atoms with Gasteiger partial charge in [0, 0.05) is 16.7 Å². The predicted molar refractivity (Wildman–Crippen MR) is 95.2 cm³/mol. The predicted octanol–water partition coefficient (Wildman–Crippen LogP) is 1.34. The highest BCUT2D eigenvalue weighted by atomic mass is 16.6. The second-order valence-corrected chi connectivity index (χ2v) is 5.10. The molecule has 0 heterocycles. The van der Waals surface area contributed by atoms with Gasteiger partial charge in [-0.3, -0.25) is 0 Å². The number of rotatable bonds is 11. The summed E-state index contributed by atoms with van der Waals surface area (Å²) in [6, 6.07) is 0. The van der Waals surface area contributed by atoms with E-state index < -0.39 is 17.9 Å². The molecule has 0 saturated carbocycles. The second kappa shape index (κ2) is 16.2. The van der Waals surface area contributed by atoms with Crippen molar-refractivity contribution < 1.29 is 38.4 Å². The van der Waals surface area contributed by atoms with Gasteiger partial charge in [-0.1, -0.05) is 19.7 Å². The number of carbonyl (C=O) groups is 3. The topological polar surface area (TPSA) is 108 Å². The van der Waals surface area contributed by atoms with Gasteiger partial charge in [0.15, 0.2) is 0 Å². The van der Waals surface area contributed by atoms with Crippen molar-refractivity contribution in [2.75, 3.05) is 39.6 Å². The molecule has 0 saturated heterocycles. The molecule has 1 N–H and O–H groups in total. The summed E-state index contributed by atoms with van der Waals surface area (Å²) < 4.78 is 19.1. The average molecular weight is 372 g/mol. The minimum atomic E-state index is -0.710. The van der Waals surface area contributed by atoms with Crippen LogP contribution in [-0.4, -0.2) is 62.7 Å². The fraction of sp³-hybridized carbons (Fsp3) is 0.500. The van der Waals surface area contributed by atoms with Crippen molar-refractivity contribution in [3.05, 3.63) is 36.5 Å². The Labute approximate surface area is 154 Å². The van der Waals surface area contributed by atoms with E-state index in [1.165, 1.54) is 13.8 Å². The minimum absolute atomic E-state index is 0.0101. The van der Waals surface area contributed by atoms with E-state index in [-0.39, 0.29) is 24.4 Å². The Bertz CT molecular complexity index is 483. The first-order chi connectivity index (χ1) is 12.1. The third-order valence-corrected chi connectivity index (χ3v) is 2.30. The molecule has 0 aromatic heterocycles. The van der Waals surface area contributed by atoms with Gasteiger partial charge in [-0.2, -0.15) is 0 Å². The van der Waals surface area contributed by atoms with E-state index in [1.54, 1.807) is 6.92 Å². The molecule has 0 aliphatic carbocycles. The normalized spacial score (nSPS) is 9.38. The van der Waals surface area contributed by atoms with Crippen molar-refractivity contribution >= 4 is 17.9 Å². The highest BCUT2D eigenvalue weighted by Crippen LogP contribution is 1.97. The molecule has 0 amide bonds. The Morgan fingerprint density at radius 2 is 1.08 bits per heavy atom. The lowest BCUT2D eigenvalue weighted by molar-refractivity contribution is -0.154. The maximum absolute atomic E-state index is 10.9.